The van der Waals surface area contributed by atoms with Gasteiger partial charge in [0.15, 0.2) is 0 Å². The molecule has 2 aromatic rings. The predicted octanol–water partition coefficient (Wildman–Crippen LogP) is 2.91. The van der Waals surface area contributed by atoms with E-state index in [9.17, 15) is 9.90 Å². The van der Waals surface area contributed by atoms with E-state index in [-0.39, 0.29) is 5.75 Å². The van der Waals surface area contributed by atoms with Crippen molar-refractivity contribution in [2.75, 3.05) is 19.7 Å². The predicted molar refractivity (Wildman–Crippen MR) is 78.3 cm³/mol. The number of carbonyl (C=O) groups is 1. The number of benzene rings is 1. The summed E-state index contributed by atoms with van der Waals surface area (Å²) in [4.78, 5) is 14.5. The summed E-state index contributed by atoms with van der Waals surface area (Å²) in [5.41, 5.74) is 1.04. The van der Waals surface area contributed by atoms with Crippen LogP contribution in [0.1, 0.15) is 35.9 Å². The molecule has 1 fully saturated rings. The molecule has 1 aliphatic rings. The normalized spacial score (nSPS) is 15.7. The number of aromatic hydroxyl groups is 1. The molecule has 5 heteroatoms. The van der Waals surface area contributed by atoms with E-state index >= 15 is 0 Å². The van der Waals surface area contributed by atoms with Gasteiger partial charge in [0.2, 0.25) is 0 Å². The van der Waals surface area contributed by atoms with E-state index in [1.807, 2.05) is 0 Å². The van der Waals surface area contributed by atoms with Gasteiger partial charge in [-0.05, 0) is 51.1 Å². The van der Waals surface area contributed by atoms with Crippen molar-refractivity contribution in [3.8, 4) is 5.75 Å². The molecule has 2 heterocycles. The first-order chi connectivity index (χ1) is 10.2. The molecular weight excluding hydrogens is 270 g/mol. The number of carbonyl (C=O) groups excluding carboxylic acids is 1. The lowest BCUT2D eigenvalue weighted by Gasteiger charge is -2.13. The fraction of sp³-hybridized carbons (Fsp3) is 0.438. The number of nitrogens with zero attached hydrogens (tertiary/aromatic N) is 1. The Kier molecular flexibility index (Phi) is 3.84. The molecule has 0 atom stereocenters. The fourth-order valence-electron chi connectivity index (χ4n) is 2.82. The first-order valence-electron chi connectivity index (χ1n) is 7.33. The van der Waals surface area contributed by atoms with Gasteiger partial charge in [-0.25, -0.2) is 4.79 Å². The number of furan rings is 1. The van der Waals surface area contributed by atoms with Gasteiger partial charge in [-0.1, -0.05) is 0 Å². The number of hydrogen-bond donors (Lipinski definition) is 1. The number of fused-ring (bicyclic) bond motifs is 1. The van der Waals surface area contributed by atoms with Crippen molar-refractivity contribution in [3.63, 3.8) is 0 Å². The number of esters is 1. The Morgan fingerprint density at radius 2 is 2.14 bits per heavy atom. The van der Waals surface area contributed by atoms with E-state index in [2.05, 4.69) is 4.90 Å². The Morgan fingerprint density at radius 1 is 1.38 bits per heavy atom. The maximum absolute atomic E-state index is 12.2. The Labute approximate surface area is 123 Å². The zero-order chi connectivity index (χ0) is 14.8. The Hall–Kier alpha value is -2.01. The van der Waals surface area contributed by atoms with Gasteiger partial charge >= 0.3 is 5.97 Å². The summed E-state index contributed by atoms with van der Waals surface area (Å²) in [5.74, 6) is 0.341. The van der Waals surface area contributed by atoms with Crippen LogP contribution in [0.15, 0.2) is 22.6 Å². The molecule has 1 saturated heterocycles. The maximum atomic E-state index is 12.2. The number of likely N-dealkylation sites (tertiary alicyclic amines) is 1. The van der Waals surface area contributed by atoms with E-state index in [1.54, 1.807) is 25.1 Å². The smallest absolute Gasteiger partial charge is 0.342 e. The number of phenolic OH excluding ortho intramolecular Hbond substituents is 1. The first kappa shape index (κ1) is 13.9. The van der Waals surface area contributed by atoms with Crippen molar-refractivity contribution in [1.29, 1.82) is 0 Å². The van der Waals surface area contributed by atoms with Crippen molar-refractivity contribution >= 4 is 16.9 Å². The summed E-state index contributed by atoms with van der Waals surface area (Å²) in [6, 6.07) is 4.79. The van der Waals surface area contributed by atoms with Crippen LogP contribution in [0.25, 0.3) is 11.0 Å². The van der Waals surface area contributed by atoms with Gasteiger partial charge in [-0.3, -0.25) is 4.90 Å². The van der Waals surface area contributed by atoms with Gasteiger partial charge in [0.1, 0.15) is 22.7 Å². The number of rotatable bonds is 4. The molecule has 3 rings (SSSR count). The van der Waals surface area contributed by atoms with Gasteiger partial charge in [0, 0.05) is 5.39 Å². The Bertz CT molecular complexity index is 656. The summed E-state index contributed by atoms with van der Waals surface area (Å²) in [5, 5.41) is 10.3. The van der Waals surface area contributed by atoms with Gasteiger partial charge < -0.3 is 14.3 Å². The third-order valence-corrected chi connectivity index (χ3v) is 3.79. The molecule has 0 aliphatic carbocycles. The monoisotopic (exact) mass is 289 g/mol. The van der Waals surface area contributed by atoms with Gasteiger partial charge in [-0.2, -0.15) is 0 Å². The average Bonchev–Trinajstić information content (AvgIpc) is 3.06. The molecule has 5 nitrogen and oxygen atoms in total. The topological polar surface area (TPSA) is 62.9 Å². The third kappa shape index (κ3) is 2.74. The van der Waals surface area contributed by atoms with Crippen LogP contribution in [0.2, 0.25) is 0 Å². The van der Waals surface area contributed by atoms with Crippen molar-refractivity contribution in [2.45, 2.75) is 26.3 Å². The number of hydrogen-bond acceptors (Lipinski definition) is 5. The third-order valence-electron chi connectivity index (χ3n) is 3.79. The highest BCUT2D eigenvalue weighted by Gasteiger charge is 2.24. The lowest BCUT2D eigenvalue weighted by atomic mass is 10.1. The highest BCUT2D eigenvalue weighted by molar-refractivity contribution is 6.04. The maximum Gasteiger partial charge on any atom is 0.342 e. The standard InChI is InChI=1S/C16H19NO4/c1-2-20-16(19)15-12-9-11(18)5-6-13(12)21-14(15)10-17-7-3-4-8-17/h5-6,9,18H,2-4,7-8,10H2,1H3. The number of ether oxygens (including phenoxy) is 1. The van der Waals surface area contributed by atoms with Crippen LogP contribution < -0.4 is 0 Å². The van der Waals surface area contributed by atoms with Gasteiger partial charge in [-0.15, -0.1) is 0 Å². The summed E-state index contributed by atoms with van der Waals surface area (Å²) in [6.07, 6.45) is 2.35. The second-order valence-electron chi connectivity index (χ2n) is 5.28. The molecular formula is C16H19NO4. The number of phenols is 1. The van der Waals surface area contributed by atoms with Crippen LogP contribution in [0.5, 0.6) is 5.75 Å². The fourth-order valence-corrected chi connectivity index (χ4v) is 2.82. The Balaban J connectivity index is 2.03. The lowest BCUT2D eigenvalue weighted by molar-refractivity contribution is 0.0524. The molecule has 1 N–H and O–H groups in total. The van der Waals surface area contributed by atoms with Crippen molar-refractivity contribution in [2.24, 2.45) is 0 Å². The van der Waals surface area contributed by atoms with E-state index in [0.29, 0.717) is 35.4 Å². The molecule has 112 valence electrons. The molecule has 0 radical (unpaired) electrons. The van der Waals surface area contributed by atoms with Crippen LogP contribution >= 0.6 is 0 Å². The minimum absolute atomic E-state index is 0.113. The SMILES string of the molecule is CCOC(=O)c1c(CN2CCCC2)oc2ccc(O)cc12. The van der Waals surface area contributed by atoms with Gasteiger partial charge in [0.05, 0.1) is 13.2 Å². The second-order valence-corrected chi connectivity index (χ2v) is 5.28. The van der Waals surface area contributed by atoms with E-state index in [0.717, 1.165) is 13.1 Å². The second kappa shape index (κ2) is 5.77. The van der Waals surface area contributed by atoms with E-state index < -0.39 is 5.97 Å². The molecule has 0 saturated carbocycles. The minimum Gasteiger partial charge on any atom is -0.508 e. The minimum atomic E-state index is -0.393. The molecule has 0 bridgehead atoms. The van der Waals surface area contributed by atoms with Crippen molar-refractivity contribution < 1.29 is 19.1 Å². The largest absolute Gasteiger partial charge is 0.508 e. The van der Waals surface area contributed by atoms with Crippen LogP contribution in [-0.2, 0) is 11.3 Å². The summed E-state index contributed by atoms with van der Waals surface area (Å²) in [6.45, 7) is 4.73. The van der Waals surface area contributed by atoms with Crippen LogP contribution in [0, 0.1) is 0 Å². The average molecular weight is 289 g/mol. The molecule has 1 aliphatic heterocycles. The van der Waals surface area contributed by atoms with Crippen LogP contribution in [0.4, 0.5) is 0 Å². The highest BCUT2D eigenvalue weighted by atomic mass is 16.5. The molecule has 1 aromatic carbocycles. The molecule has 0 unspecified atom stereocenters. The lowest BCUT2D eigenvalue weighted by Crippen LogP contribution is -2.19. The molecule has 0 amide bonds. The first-order valence-corrected chi connectivity index (χ1v) is 7.33. The zero-order valence-electron chi connectivity index (χ0n) is 12.1. The van der Waals surface area contributed by atoms with E-state index in [1.165, 1.54) is 12.8 Å². The van der Waals surface area contributed by atoms with Crippen molar-refractivity contribution in [3.05, 3.63) is 29.5 Å². The zero-order valence-corrected chi connectivity index (χ0v) is 12.1. The van der Waals surface area contributed by atoms with Crippen molar-refractivity contribution in [1.82, 2.24) is 4.90 Å². The van der Waals surface area contributed by atoms with Gasteiger partial charge in [0.25, 0.3) is 0 Å². The summed E-state index contributed by atoms with van der Waals surface area (Å²) >= 11 is 0. The van der Waals surface area contributed by atoms with Crippen LogP contribution in [0.3, 0.4) is 0 Å². The molecule has 0 spiro atoms. The molecule has 21 heavy (non-hydrogen) atoms. The summed E-state index contributed by atoms with van der Waals surface area (Å²) < 4.78 is 11.0. The molecule has 1 aromatic heterocycles. The highest BCUT2D eigenvalue weighted by Crippen LogP contribution is 2.31. The van der Waals surface area contributed by atoms with Crippen LogP contribution in [-0.4, -0.2) is 35.7 Å². The quantitative estimate of drug-likeness (QED) is 0.877. The Morgan fingerprint density at radius 3 is 2.86 bits per heavy atom. The van der Waals surface area contributed by atoms with E-state index in [4.69, 9.17) is 9.15 Å². The summed E-state index contributed by atoms with van der Waals surface area (Å²) in [7, 11) is 0.